The van der Waals surface area contributed by atoms with E-state index < -0.39 is 11.9 Å². The van der Waals surface area contributed by atoms with Crippen LogP contribution in [0, 0.1) is 0 Å². The minimum Gasteiger partial charge on any atom is -0.478 e. The standard InChI is InChI=1S/C10H17N3O2.C4H4O4/c1-8(2)13-10(14)15-5-3-4-9-6-11-7-12-9;5-3(6)1-2-4(7)8/h6-8H,3-5H2,1-2H3,(H,11,12)(H,13,14);1-2H,(H,5,6)(H,7,8)/b;2-1+. The van der Waals surface area contributed by atoms with Gasteiger partial charge in [-0.15, -0.1) is 0 Å². The van der Waals surface area contributed by atoms with E-state index >= 15 is 0 Å². The van der Waals surface area contributed by atoms with Crippen LogP contribution in [0.5, 0.6) is 0 Å². The maximum atomic E-state index is 11.1. The largest absolute Gasteiger partial charge is 0.478 e. The lowest BCUT2D eigenvalue weighted by molar-refractivity contribution is -0.134. The maximum absolute atomic E-state index is 11.1. The first-order chi connectivity index (χ1) is 10.8. The Kier molecular flexibility index (Phi) is 10.3. The van der Waals surface area contributed by atoms with Crippen LogP contribution in [0.25, 0.3) is 0 Å². The molecule has 1 amide bonds. The highest BCUT2D eigenvalue weighted by Gasteiger charge is 2.03. The van der Waals surface area contributed by atoms with Gasteiger partial charge in [0.15, 0.2) is 0 Å². The summed E-state index contributed by atoms with van der Waals surface area (Å²) in [6, 6.07) is 0.116. The molecule has 1 aromatic heterocycles. The van der Waals surface area contributed by atoms with Crippen LogP contribution in [0.2, 0.25) is 0 Å². The summed E-state index contributed by atoms with van der Waals surface area (Å²) in [6.07, 6.45) is 5.82. The molecule has 0 atom stereocenters. The molecule has 23 heavy (non-hydrogen) atoms. The number of carbonyl (C=O) groups excluding carboxylic acids is 1. The Balaban J connectivity index is 0.000000515. The fraction of sp³-hybridized carbons (Fsp3) is 0.429. The fourth-order valence-corrected chi connectivity index (χ4v) is 1.27. The number of aromatic amines is 1. The number of ether oxygens (including phenoxy) is 1. The zero-order valence-electron chi connectivity index (χ0n) is 13.0. The molecule has 128 valence electrons. The predicted molar refractivity (Wildman–Crippen MR) is 80.9 cm³/mol. The van der Waals surface area contributed by atoms with Gasteiger partial charge in [0.25, 0.3) is 0 Å². The van der Waals surface area contributed by atoms with Crippen LogP contribution in [0.4, 0.5) is 4.79 Å². The first-order valence-corrected chi connectivity index (χ1v) is 6.85. The molecule has 0 aliphatic carbocycles. The van der Waals surface area contributed by atoms with Crippen LogP contribution < -0.4 is 5.32 Å². The number of rotatable bonds is 7. The van der Waals surface area contributed by atoms with Crippen molar-refractivity contribution in [1.82, 2.24) is 15.3 Å². The summed E-state index contributed by atoms with van der Waals surface area (Å²) in [4.78, 5) is 37.1. The Morgan fingerprint density at radius 2 is 1.91 bits per heavy atom. The summed E-state index contributed by atoms with van der Waals surface area (Å²) in [5.41, 5.74) is 1.06. The van der Waals surface area contributed by atoms with Crippen molar-refractivity contribution < 1.29 is 29.3 Å². The zero-order chi connectivity index (χ0) is 17.7. The number of imidazole rings is 1. The number of aryl methyl sites for hydroxylation is 1. The van der Waals surface area contributed by atoms with Gasteiger partial charge in [-0.2, -0.15) is 0 Å². The first kappa shape index (κ1) is 20.2. The smallest absolute Gasteiger partial charge is 0.407 e. The first-order valence-electron chi connectivity index (χ1n) is 6.85. The second kappa shape index (κ2) is 11.8. The second-order valence-corrected chi connectivity index (χ2v) is 4.63. The molecule has 0 saturated heterocycles. The number of carboxylic acid groups (broad SMARTS) is 2. The van der Waals surface area contributed by atoms with E-state index in [0.29, 0.717) is 18.8 Å². The number of aliphatic carboxylic acids is 2. The van der Waals surface area contributed by atoms with Gasteiger partial charge in [-0.1, -0.05) is 0 Å². The molecule has 9 nitrogen and oxygen atoms in total. The van der Waals surface area contributed by atoms with Crippen LogP contribution >= 0.6 is 0 Å². The number of H-pyrrole nitrogens is 1. The molecule has 0 aliphatic heterocycles. The van der Waals surface area contributed by atoms with Gasteiger partial charge in [-0.3, -0.25) is 0 Å². The molecule has 0 saturated carbocycles. The molecule has 0 spiro atoms. The van der Waals surface area contributed by atoms with Crippen LogP contribution in [0.3, 0.4) is 0 Å². The SMILES string of the molecule is CC(C)NC(=O)OCCCc1cnc[nH]1.O=C(O)/C=C/C(=O)O. The van der Waals surface area contributed by atoms with E-state index in [0.717, 1.165) is 18.5 Å². The molecular formula is C14H21N3O6. The van der Waals surface area contributed by atoms with Crippen LogP contribution in [0.1, 0.15) is 26.0 Å². The normalized spacial score (nSPS) is 10.0. The lowest BCUT2D eigenvalue weighted by atomic mass is 10.3. The van der Waals surface area contributed by atoms with Crippen molar-refractivity contribution in [2.45, 2.75) is 32.7 Å². The van der Waals surface area contributed by atoms with Gasteiger partial charge in [0.1, 0.15) is 0 Å². The summed E-state index contributed by atoms with van der Waals surface area (Å²) in [6.45, 7) is 4.22. The topological polar surface area (TPSA) is 142 Å². The summed E-state index contributed by atoms with van der Waals surface area (Å²) in [7, 11) is 0. The number of alkyl carbamates (subject to hydrolysis) is 1. The van der Waals surface area contributed by atoms with E-state index in [2.05, 4.69) is 15.3 Å². The Bertz CT molecular complexity index is 495. The Labute approximate surface area is 133 Å². The lowest BCUT2D eigenvalue weighted by Crippen LogP contribution is -2.30. The maximum Gasteiger partial charge on any atom is 0.407 e. The van der Waals surface area contributed by atoms with Crippen molar-refractivity contribution in [2.75, 3.05) is 6.61 Å². The molecule has 4 N–H and O–H groups in total. The number of amides is 1. The highest BCUT2D eigenvalue weighted by Crippen LogP contribution is 1.97. The van der Waals surface area contributed by atoms with Gasteiger partial charge in [0.05, 0.1) is 12.9 Å². The van der Waals surface area contributed by atoms with Gasteiger partial charge in [0, 0.05) is 30.1 Å². The minimum atomic E-state index is -1.26. The highest BCUT2D eigenvalue weighted by atomic mass is 16.5. The van der Waals surface area contributed by atoms with Crippen molar-refractivity contribution in [3.8, 4) is 0 Å². The molecule has 0 aromatic carbocycles. The average molecular weight is 327 g/mol. The number of hydrogen-bond acceptors (Lipinski definition) is 5. The number of nitrogens with zero attached hydrogens (tertiary/aromatic N) is 1. The molecule has 0 unspecified atom stereocenters. The third-order valence-corrected chi connectivity index (χ3v) is 2.15. The van der Waals surface area contributed by atoms with Crippen LogP contribution in [-0.4, -0.2) is 50.9 Å². The molecular weight excluding hydrogens is 306 g/mol. The van der Waals surface area contributed by atoms with Crippen molar-refractivity contribution in [3.05, 3.63) is 30.4 Å². The molecule has 0 aliphatic rings. The number of carboxylic acids is 2. The average Bonchev–Trinajstić information content (AvgIpc) is 2.94. The molecule has 9 heteroatoms. The molecule has 0 fully saturated rings. The monoisotopic (exact) mass is 327 g/mol. The summed E-state index contributed by atoms with van der Waals surface area (Å²) in [5.74, 6) is -2.51. The van der Waals surface area contributed by atoms with Crippen molar-refractivity contribution >= 4 is 18.0 Å². The third-order valence-electron chi connectivity index (χ3n) is 2.15. The van der Waals surface area contributed by atoms with E-state index in [-0.39, 0.29) is 12.1 Å². The molecule has 1 heterocycles. The molecule has 0 radical (unpaired) electrons. The highest BCUT2D eigenvalue weighted by molar-refractivity contribution is 5.89. The quantitative estimate of drug-likeness (QED) is 0.435. The number of nitrogens with one attached hydrogen (secondary N) is 2. The van der Waals surface area contributed by atoms with Gasteiger partial charge < -0.3 is 25.3 Å². The van der Waals surface area contributed by atoms with Crippen molar-refractivity contribution in [2.24, 2.45) is 0 Å². The van der Waals surface area contributed by atoms with E-state index in [1.165, 1.54) is 0 Å². The van der Waals surface area contributed by atoms with Gasteiger partial charge in [-0.05, 0) is 26.7 Å². The van der Waals surface area contributed by atoms with Crippen LogP contribution in [0.15, 0.2) is 24.7 Å². The summed E-state index contributed by atoms with van der Waals surface area (Å²) < 4.78 is 4.97. The lowest BCUT2D eigenvalue weighted by Gasteiger charge is -2.08. The number of aromatic nitrogens is 2. The zero-order valence-corrected chi connectivity index (χ0v) is 13.0. The molecule has 1 aromatic rings. The van der Waals surface area contributed by atoms with E-state index in [9.17, 15) is 14.4 Å². The summed E-state index contributed by atoms with van der Waals surface area (Å²) >= 11 is 0. The van der Waals surface area contributed by atoms with Crippen molar-refractivity contribution in [1.29, 1.82) is 0 Å². The Morgan fingerprint density at radius 1 is 1.30 bits per heavy atom. The molecule has 0 bridgehead atoms. The predicted octanol–water partition coefficient (Wildman–Crippen LogP) is 1.19. The molecule has 1 rings (SSSR count). The second-order valence-electron chi connectivity index (χ2n) is 4.63. The van der Waals surface area contributed by atoms with Gasteiger partial charge in [-0.25, -0.2) is 19.4 Å². The summed E-state index contributed by atoms with van der Waals surface area (Å²) in [5, 5.41) is 18.3. The minimum absolute atomic E-state index is 0.116. The third kappa shape index (κ3) is 13.9. The van der Waals surface area contributed by atoms with E-state index in [1.807, 2.05) is 13.8 Å². The van der Waals surface area contributed by atoms with E-state index in [1.54, 1.807) is 12.5 Å². The van der Waals surface area contributed by atoms with Crippen molar-refractivity contribution in [3.63, 3.8) is 0 Å². The number of hydrogen-bond donors (Lipinski definition) is 4. The fourth-order valence-electron chi connectivity index (χ4n) is 1.27. The number of carbonyl (C=O) groups is 3. The van der Waals surface area contributed by atoms with Gasteiger partial charge in [0.2, 0.25) is 0 Å². The van der Waals surface area contributed by atoms with E-state index in [4.69, 9.17) is 14.9 Å². The Morgan fingerprint density at radius 3 is 2.35 bits per heavy atom. The Hall–Kier alpha value is -2.84. The van der Waals surface area contributed by atoms with Crippen LogP contribution in [-0.2, 0) is 20.7 Å². The van der Waals surface area contributed by atoms with Gasteiger partial charge >= 0.3 is 18.0 Å².